The molecule has 71 heavy (non-hydrogen) atoms. The molecule has 20 heteroatoms. The molecule has 0 bridgehead atoms. The van der Waals surface area contributed by atoms with Crippen LogP contribution in [0.15, 0.2) is 109 Å². The van der Waals surface area contributed by atoms with Crippen molar-refractivity contribution in [3.8, 4) is 45.0 Å². The zero-order valence-electron chi connectivity index (χ0n) is 38.1. The molecule has 0 aliphatic rings. The van der Waals surface area contributed by atoms with E-state index in [-0.39, 0.29) is 86.4 Å². The number of hydrogen-bond donors (Lipinski definition) is 5. The van der Waals surface area contributed by atoms with Gasteiger partial charge in [0.1, 0.15) is 11.6 Å². The number of esters is 1. The Morgan fingerprint density at radius 2 is 0.930 bits per heavy atom. The lowest BCUT2D eigenvalue weighted by molar-refractivity contribution is -0.000996. The number of carbonyl (C=O) groups excluding carboxylic acids is 3. The molecule has 0 saturated carbocycles. The summed E-state index contributed by atoms with van der Waals surface area (Å²) in [6.45, 7) is 2.40. The Kier molecular flexibility index (Phi) is 16.1. The first kappa shape index (κ1) is 49.1. The number of ether oxygens (including phenoxy) is 5. The fourth-order valence-electron chi connectivity index (χ4n) is 7.55. The number of carboxylic acids is 1. The molecule has 0 atom stereocenters. The fraction of sp³-hybridized carbons (Fsp3) is 0.216. The Balaban J connectivity index is 0.750. The second-order valence-corrected chi connectivity index (χ2v) is 15.6. The number of pyridine rings is 2. The largest absolute Gasteiger partial charge is 0.478 e. The van der Waals surface area contributed by atoms with Gasteiger partial charge >= 0.3 is 11.9 Å². The molecule has 0 spiro atoms. The minimum atomic E-state index is -1.44. The minimum Gasteiger partial charge on any atom is -0.478 e. The van der Waals surface area contributed by atoms with Crippen LogP contribution < -0.4 is 10.6 Å². The van der Waals surface area contributed by atoms with Crippen molar-refractivity contribution >= 4 is 45.8 Å². The number of aromatic nitrogens is 6. The number of fused-ring (bicyclic) bond motifs is 2. The first-order valence-electron chi connectivity index (χ1n) is 22.3. The summed E-state index contributed by atoms with van der Waals surface area (Å²) in [4.78, 5) is 60.4. The van der Waals surface area contributed by atoms with Crippen LogP contribution in [0.3, 0.4) is 0 Å². The van der Waals surface area contributed by atoms with E-state index in [4.69, 9.17) is 23.7 Å². The normalized spacial score (nSPS) is 11.3. The van der Waals surface area contributed by atoms with Gasteiger partial charge in [-0.1, -0.05) is 60.7 Å². The van der Waals surface area contributed by atoms with Crippen molar-refractivity contribution in [2.24, 2.45) is 0 Å². The van der Waals surface area contributed by atoms with Crippen molar-refractivity contribution in [2.75, 3.05) is 73.1 Å². The predicted octanol–water partition coefficient (Wildman–Crippen LogP) is 6.89. The molecular formula is C51H46F2N8O10. The van der Waals surface area contributed by atoms with Crippen LogP contribution >= 0.6 is 0 Å². The number of H-pyrrole nitrogens is 2. The Hall–Kier alpha value is -8.30. The first-order valence-corrected chi connectivity index (χ1v) is 22.3. The molecule has 4 aromatic carbocycles. The second-order valence-electron chi connectivity index (χ2n) is 15.6. The highest BCUT2D eigenvalue weighted by Crippen LogP contribution is 2.34. The molecule has 0 unspecified atom stereocenters. The number of carboxylic acid groups (broad SMARTS) is 1. The van der Waals surface area contributed by atoms with Crippen LogP contribution in [0.5, 0.6) is 0 Å². The van der Waals surface area contributed by atoms with Crippen molar-refractivity contribution in [3.63, 3.8) is 0 Å². The summed E-state index contributed by atoms with van der Waals surface area (Å²) in [6.07, 6.45) is 0. The highest BCUT2D eigenvalue weighted by Gasteiger charge is 2.24. The molecule has 8 rings (SSSR count). The molecule has 0 saturated heterocycles. The monoisotopic (exact) mass is 968 g/mol. The van der Waals surface area contributed by atoms with E-state index in [1.807, 2.05) is 60.7 Å². The SMILES string of the molecule is COC(=O)c1cc(-c2cc(C(=O)NCCOCCOCCOCCOCCNC(=O)c3cc(-c4ccc(F)c(C(=O)O)c4)nc4n[nH]c(-c5ccccc5)c34)c3c(-c4ccccc4)[nH]nc3n2)ccc1F. The van der Waals surface area contributed by atoms with E-state index in [0.29, 0.717) is 52.2 Å². The van der Waals surface area contributed by atoms with E-state index >= 15 is 0 Å². The molecule has 2 amide bonds. The van der Waals surface area contributed by atoms with Crippen LogP contribution in [-0.4, -0.2) is 132 Å². The zero-order valence-corrected chi connectivity index (χ0v) is 38.1. The van der Waals surface area contributed by atoms with E-state index in [9.17, 15) is 33.1 Å². The second kappa shape index (κ2) is 23.3. The summed E-state index contributed by atoms with van der Waals surface area (Å²) in [7, 11) is 1.16. The number of aromatic amines is 2. The maximum Gasteiger partial charge on any atom is 0.340 e. The molecule has 5 N–H and O–H groups in total. The van der Waals surface area contributed by atoms with E-state index in [0.717, 1.165) is 36.4 Å². The predicted molar refractivity (Wildman–Crippen MR) is 256 cm³/mol. The highest BCUT2D eigenvalue weighted by atomic mass is 19.1. The first-order chi connectivity index (χ1) is 34.6. The summed E-state index contributed by atoms with van der Waals surface area (Å²) in [6, 6.07) is 29.2. The number of hydrogen-bond acceptors (Lipinski definition) is 13. The maximum absolute atomic E-state index is 14.5. The van der Waals surface area contributed by atoms with E-state index in [1.54, 1.807) is 6.07 Å². The van der Waals surface area contributed by atoms with Gasteiger partial charge in [0.2, 0.25) is 0 Å². The van der Waals surface area contributed by atoms with Crippen molar-refractivity contribution in [3.05, 3.63) is 143 Å². The highest BCUT2D eigenvalue weighted by molar-refractivity contribution is 6.12. The van der Waals surface area contributed by atoms with Gasteiger partial charge in [0.05, 0.1) is 116 Å². The van der Waals surface area contributed by atoms with Crippen LogP contribution in [0.2, 0.25) is 0 Å². The third-order valence-electron chi connectivity index (χ3n) is 11.0. The van der Waals surface area contributed by atoms with Gasteiger partial charge in [0.25, 0.3) is 11.8 Å². The van der Waals surface area contributed by atoms with E-state index in [2.05, 4.69) is 41.0 Å². The molecule has 18 nitrogen and oxygen atoms in total. The Labute approximate surface area is 403 Å². The Morgan fingerprint density at radius 1 is 0.521 bits per heavy atom. The zero-order chi connectivity index (χ0) is 49.7. The van der Waals surface area contributed by atoms with Crippen LogP contribution in [-0.2, 0) is 23.7 Å². The molecule has 0 radical (unpaired) electrons. The van der Waals surface area contributed by atoms with Crippen LogP contribution in [0.4, 0.5) is 8.78 Å². The van der Waals surface area contributed by atoms with Gasteiger partial charge in [-0.05, 0) is 48.5 Å². The summed E-state index contributed by atoms with van der Waals surface area (Å²) in [5.41, 5.74) is 4.09. The number of halogens is 2. The van der Waals surface area contributed by atoms with E-state index in [1.165, 1.54) is 24.3 Å². The molecule has 0 fully saturated rings. The Morgan fingerprint density at radius 3 is 1.35 bits per heavy atom. The van der Waals surface area contributed by atoms with Gasteiger partial charge in [-0.25, -0.2) is 28.3 Å². The van der Waals surface area contributed by atoms with Gasteiger partial charge in [-0.15, -0.1) is 0 Å². The summed E-state index contributed by atoms with van der Waals surface area (Å²) < 4.78 is 55.9. The Bertz CT molecular complexity index is 3190. The molecule has 4 heterocycles. The quantitative estimate of drug-likeness (QED) is 0.0324. The van der Waals surface area contributed by atoms with Gasteiger partial charge < -0.3 is 39.4 Å². The number of aromatic carboxylic acids is 1. The lowest BCUT2D eigenvalue weighted by atomic mass is 10.0. The smallest absolute Gasteiger partial charge is 0.340 e. The van der Waals surface area contributed by atoms with E-state index < -0.39 is 41.0 Å². The average Bonchev–Trinajstić information content (AvgIpc) is 4.03. The lowest BCUT2D eigenvalue weighted by Crippen LogP contribution is -2.28. The number of nitrogens with zero attached hydrogens (tertiary/aromatic N) is 4. The number of rotatable bonds is 23. The van der Waals surface area contributed by atoms with Crippen LogP contribution in [0.1, 0.15) is 41.4 Å². The number of nitrogens with one attached hydrogen (secondary N) is 4. The fourth-order valence-corrected chi connectivity index (χ4v) is 7.55. The van der Waals surface area contributed by atoms with Gasteiger partial charge in [0.15, 0.2) is 11.3 Å². The third-order valence-corrected chi connectivity index (χ3v) is 11.0. The average molecular weight is 969 g/mol. The van der Waals surface area contributed by atoms with Crippen LogP contribution in [0, 0.1) is 11.6 Å². The number of methoxy groups -OCH3 is 1. The van der Waals surface area contributed by atoms with Gasteiger partial charge in [0, 0.05) is 35.3 Å². The number of amides is 2. The molecule has 0 aliphatic heterocycles. The maximum atomic E-state index is 14.5. The summed E-state index contributed by atoms with van der Waals surface area (Å²) in [5.74, 6) is -4.80. The minimum absolute atomic E-state index is 0.162. The summed E-state index contributed by atoms with van der Waals surface area (Å²) in [5, 5.41) is 30.8. The number of benzene rings is 4. The topological polar surface area (TPSA) is 242 Å². The van der Waals surface area contributed by atoms with Crippen molar-refractivity contribution < 1.29 is 56.7 Å². The molecule has 0 aliphatic carbocycles. The molecule has 364 valence electrons. The van der Waals surface area contributed by atoms with Gasteiger partial charge in [-0.2, -0.15) is 10.2 Å². The molecule has 8 aromatic rings. The van der Waals surface area contributed by atoms with Crippen molar-refractivity contribution in [1.82, 2.24) is 41.0 Å². The third kappa shape index (κ3) is 11.8. The molecular weight excluding hydrogens is 923 g/mol. The number of carbonyl (C=O) groups is 4. The standard InChI is InChI=1S/C51H46F2N8O10/c1-67-51(66)35-27-33(13-15-39(35)53)41-29-37(43-45(59-61-47(43)57-41)31-10-6-3-7-11-31)49(63)55-17-19-69-21-23-71-25-24-70-22-20-68-18-16-54-48(62)36-28-40(32-12-14-38(52)34(26-32)50(64)65)56-46-42(36)44(58-60-46)30-8-4-2-5-9-30/h2-15,26-29H,16-25H2,1H3,(H,54,62)(H,55,63)(H,64,65)(H,56,58,60)(H,57,59,61). The van der Waals surface area contributed by atoms with Gasteiger partial charge in [-0.3, -0.25) is 19.8 Å². The van der Waals surface area contributed by atoms with Crippen molar-refractivity contribution in [2.45, 2.75) is 0 Å². The van der Waals surface area contributed by atoms with Crippen LogP contribution in [0.25, 0.3) is 67.1 Å². The summed E-state index contributed by atoms with van der Waals surface area (Å²) >= 11 is 0. The van der Waals surface area contributed by atoms with Crippen molar-refractivity contribution in [1.29, 1.82) is 0 Å². The lowest BCUT2D eigenvalue weighted by Gasteiger charge is -2.11. The molecule has 4 aromatic heterocycles.